The van der Waals surface area contributed by atoms with Gasteiger partial charge in [-0.25, -0.2) is 4.98 Å². The maximum absolute atomic E-state index is 12.9. The Kier molecular flexibility index (Phi) is 5.42. The largest absolute Gasteiger partial charge is 0.348 e. The van der Waals surface area contributed by atoms with Crippen molar-refractivity contribution in [3.63, 3.8) is 0 Å². The molecule has 1 aliphatic heterocycles. The van der Waals surface area contributed by atoms with Crippen LogP contribution in [0.5, 0.6) is 0 Å². The molecule has 1 atom stereocenters. The zero-order valence-corrected chi connectivity index (χ0v) is 18.0. The van der Waals surface area contributed by atoms with Crippen molar-refractivity contribution in [1.29, 1.82) is 0 Å². The molecule has 0 saturated carbocycles. The molecule has 1 aliphatic rings. The fraction of sp³-hybridized carbons (Fsp3) is 0.192. The van der Waals surface area contributed by atoms with E-state index in [0.717, 1.165) is 35.7 Å². The van der Waals surface area contributed by atoms with E-state index >= 15 is 0 Å². The van der Waals surface area contributed by atoms with Gasteiger partial charge in [0, 0.05) is 25.4 Å². The van der Waals surface area contributed by atoms with E-state index in [2.05, 4.69) is 40.3 Å². The van der Waals surface area contributed by atoms with E-state index in [1.165, 1.54) is 5.56 Å². The average Bonchev–Trinajstić information content (AvgIpc) is 2.85. The topological polar surface area (TPSA) is 63.1 Å². The van der Waals surface area contributed by atoms with E-state index in [9.17, 15) is 4.79 Å². The van der Waals surface area contributed by atoms with Crippen molar-refractivity contribution in [2.45, 2.75) is 25.9 Å². The monoisotopic (exact) mass is 423 g/mol. The Morgan fingerprint density at radius 1 is 0.906 bits per heavy atom. The second-order valence-corrected chi connectivity index (χ2v) is 7.98. The molecule has 0 fully saturated rings. The molecule has 4 aromatic rings. The summed E-state index contributed by atoms with van der Waals surface area (Å²) in [5, 5.41) is 3.39. The van der Waals surface area contributed by atoms with Crippen molar-refractivity contribution in [3.8, 4) is 11.1 Å². The summed E-state index contributed by atoms with van der Waals surface area (Å²) in [6.07, 6.45) is 2.64. The zero-order valence-electron chi connectivity index (χ0n) is 18.0. The summed E-state index contributed by atoms with van der Waals surface area (Å²) < 4.78 is 1.83. The molecule has 0 bridgehead atoms. The summed E-state index contributed by atoms with van der Waals surface area (Å²) in [6.45, 7) is 3.59. The molecule has 2 aromatic heterocycles. The first-order valence-corrected chi connectivity index (χ1v) is 10.9. The summed E-state index contributed by atoms with van der Waals surface area (Å²) in [7, 11) is 0. The van der Waals surface area contributed by atoms with Gasteiger partial charge in [-0.15, -0.1) is 0 Å². The number of fused-ring (bicyclic) bond motifs is 1. The molecule has 6 nitrogen and oxygen atoms in total. The van der Waals surface area contributed by atoms with Crippen LogP contribution in [-0.2, 0) is 6.54 Å². The lowest BCUT2D eigenvalue weighted by Gasteiger charge is -2.31. The highest BCUT2D eigenvalue weighted by molar-refractivity contribution is 5.69. The Bertz CT molecular complexity index is 1270. The first kappa shape index (κ1) is 20.0. The van der Waals surface area contributed by atoms with Gasteiger partial charge in [0.05, 0.1) is 6.04 Å². The van der Waals surface area contributed by atoms with Gasteiger partial charge in [0.25, 0.3) is 5.56 Å². The number of pyridine rings is 1. The third-order valence-electron chi connectivity index (χ3n) is 5.82. The van der Waals surface area contributed by atoms with Crippen LogP contribution >= 0.6 is 0 Å². The molecule has 5 rings (SSSR count). The van der Waals surface area contributed by atoms with Crippen LogP contribution in [-0.4, -0.2) is 21.1 Å². The smallest absolute Gasteiger partial charge is 0.252 e. The van der Waals surface area contributed by atoms with Crippen LogP contribution in [0.2, 0.25) is 0 Å². The predicted octanol–water partition coefficient (Wildman–Crippen LogP) is 5.02. The first-order chi connectivity index (χ1) is 15.7. The normalized spacial score (nSPS) is 14.0. The second-order valence-electron chi connectivity index (χ2n) is 7.98. The molecule has 3 heterocycles. The van der Waals surface area contributed by atoms with Crippen LogP contribution < -0.4 is 15.8 Å². The third-order valence-corrected chi connectivity index (χ3v) is 5.82. The van der Waals surface area contributed by atoms with Crippen LogP contribution in [0.4, 0.5) is 17.6 Å². The number of nitrogens with one attached hydrogen (secondary N) is 1. The van der Waals surface area contributed by atoms with Crippen LogP contribution in [0.1, 0.15) is 24.9 Å². The number of hydrogen-bond donors (Lipinski definition) is 1. The third kappa shape index (κ3) is 3.99. The van der Waals surface area contributed by atoms with Crippen LogP contribution in [0.25, 0.3) is 11.1 Å². The number of nitrogens with zero attached hydrogens (tertiary/aromatic N) is 4. The van der Waals surface area contributed by atoms with Gasteiger partial charge in [0.1, 0.15) is 11.6 Å². The predicted molar refractivity (Wildman–Crippen MR) is 128 cm³/mol. The summed E-state index contributed by atoms with van der Waals surface area (Å²) in [5.74, 6) is 2.21. The minimum absolute atomic E-state index is 0.0103. The molecule has 160 valence electrons. The Morgan fingerprint density at radius 3 is 2.44 bits per heavy atom. The highest BCUT2D eigenvalue weighted by Gasteiger charge is 2.22. The van der Waals surface area contributed by atoms with Crippen LogP contribution in [0, 0.1) is 0 Å². The van der Waals surface area contributed by atoms with E-state index in [1.807, 2.05) is 59.2 Å². The van der Waals surface area contributed by atoms with E-state index in [0.29, 0.717) is 12.5 Å². The van der Waals surface area contributed by atoms with E-state index in [-0.39, 0.29) is 11.6 Å². The van der Waals surface area contributed by atoms with Crippen molar-refractivity contribution in [2.24, 2.45) is 0 Å². The van der Waals surface area contributed by atoms with Crippen molar-refractivity contribution < 1.29 is 0 Å². The highest BCUT2D eigenvalue weighted by atomic mass is 16.1. The second kappa shape index (κ2) is 8.67. The van der Waals surface area contributed by atoms with Gasteiger partial charge >= 0.3 is 0 Å². The number of aromatic nitrogens is 3. The molecular formula is C26H25N5O. The van der Waals surface area contributed by atoms with Crippen LogP contribution in [0.15, 0.2) is 89.9 Å². The van der Waals surface area contributed by atoms with Crippen LogP contribution in [0.3, 0.4) is 0 Å². The zero-order chi connectivity index (χ0) is 21.9. The van der Waals surface area contributed by atoms with Gasteiger partial charge in [0.15, 0.2) is 0 Å². The number of rotatable bonds is 5. The molecule has 2 aromatic carbocycles. The lowest BCUT2D eigenvalue weighted by molar-refractivity contribution is 0.574. The molecule has 0 amide bonds. The average molecular weight is 424 g/mol. The van der Waals surface area contributed by atoms with Gasteiger partial charge in [-0.2, -0.15) is 4.98 Å². The molecular weight excluding hydrogens is 398 g/mol. The molecule has 0 radical (unpaired) electrons. The minimum atomic E-state index is 0.0103. The Hall–Kier alpha value is -3.93. The molecule has 0 aliphatic carbocycles. The van der Waals surface area contributed by atoms with Gasteiger partial charge < -0.3 is 10.2 Å². The van der Waals surface area contributed by atoms with Crippen molar-refractivity contribution in [3.05, 3.63) is 101 Å². The summed E-state index contributed by atoms with van der Waals surface area (Å²) >= 11 is 0. The molecule has 32 heavy (non-hydrogen) atoms. The standard InChI is InChI=1S/C26H25N5O/c1-19(20-9-4-2-5-10-20)28-26-27-14-13-23(29-26)30-15-8-16-31-24(30)17-22(18-25(31)32)21-11-6-3-7-12-21/h2-7,9-14,17-19H,8,15-16H2,1H3,(H,27,28,29)/t19-/m0/s1. The lowest BCUT2D eigenvalue weighted by Crippen LogP contribution is -2.35. The molecule has 6 heteroatoms. The minimum Gasteiger partial charge on any atom is -0.348 e. The van der Waals surface area contributed by atoms with E-state index in [4.69, 9.17) is 4.98 Å². The van der Waals surface area contributed by atoms with Gasteiger partial charge in [0.2, 0.25) is 5.95 Å². The van der Waals surface area contributed by atoms with Gasteiger partial charge in [-0.1, -0.05) is 60.7 Å². The molecule has 0 spiro atoms. The number of anilines is 3. The van der Waals surface area contributed by atoms with Crippen molar-refractivity contribution >= 4 is 17.6 Å². The summed E-state index contributed by atoms with van der Waals surface area (Å²) in [5.41, 5.74) is 3.12. The van der Waals surface area contributed by atoms with Crippen molar-refractivity contribution in [2.75, 3.05) is 16.8 Å². The fourth-order valence-electron chi connectivity index (χ4n) is 4.15. The lowest BCUT2D eigenvalue weighted by atomic mass is 10.1. The Balaban J connectivity index is 1.49. The van der Waals surface area contributed by atoms with E-state index < -0.39 is 0 Å². The fourth-order valence-corrected chi connectivity index (χ4v) is 4.15. The maximum atomic E-state index is 12.9. The first-order valence-electron chi connectivity index (χ1n) is 10.9. The molecule has 0 saturated heterocycles. The Morgan fingerprint density at radius 2 is 1.66 bits per heavy atom. The molecule has 0 unspecified atom stereocenters. The highest BCUT2D eigenvalue weighted by Crippen LogP contribution is 2.31. The van der Waals surface area contributed by atoms with Crippen molar-refractivity contribution in [1.82, 2.24) is 14.5 Å². The van der Waals surface area contributed by atoms with E-state index in [1.54, 1.807) is 12.3 Å². The number of benzene rings is 2. The quantitative estimate of drug-likeness (QED) is 0.488. The van der Waals surface area contributed by atoms with Gasteiger partial charge in [-0.3, -0.25) is 9.36 Å². The summed E-state index contributed by atoms with van der Waals surface area (Å²) in [4.78, 5) is 24.2. The van der Waals surface area contributed by atoms with Gasteiger partial charge in [-0.05, 0) is 42.2 Å². The SMILES string of the molecule is C[C@H](Nc1nccc(N2CCCn3c2cc(-c2ccccc2)cc3=O)n1)c1ccccc1. The number of hydrogen-bond acceptors (Lipinski definition) is 5. The Labute approximate surface area is 187 Å². The maximum Gasteiger partial charge on any atom is 0.252 e. The summed E-state index contributed by atoms with van der Waals surface area (Å²) in [6, 6.07) is 26.0. The molecule has 1 N–H and O–H groups in total.